The van der Waals surface area contributed by atoms with E-state index in [0.717, 1.165) is 42.7 Å². The molecule has 1 fully saturated rings. The molecule has 1 aliphatic heterocycles. The van der Waals surface area contributed by atoms with Gasteiger partial charge in [0.25, 0.3) is 0 Å². The lowest BCUT2D eigenvalue weighted by atomic mass is 10.1. The largest absolute Gasteiger partial charge is 0.371 e. The van der Waals surface area contributed by atoms with Gasteiger partial charge >= 0.3 is 0 Å². The summed E-state index contributed by atoms with van der Waals surface area (Å²) in [6.45, 7) is 3.12. The Morgan fingerprint density at radius 3 is 2.38 bits per heavy atom. The van der Waals surface area contributed by atoms with Crippen LogP contribution in [0.5, 0.6) is 0 Å². The molecule has 2 aromatic carbocycles. The van der Waals surface area contributed by atoms with Crippen LogP contribution in [0.4, 0.5) is 14.5 Å². The Labute approximate surface area is 154 Å². The van der Waals surface area contributed by atoms with Crippen LogP contribution in [-0.2, 0) is 6.54 Å². The van der Waals surface area contributed by atoms with Crippen molar-refractivity contribution in [1.82, 2.24) is 10.2 Å². The standard InChI is InChI=1S/C21H27F2N3/c1-25(2)21(16-8-10-17(22)11-9-16)15-24-14-18-19(23)6-5-7-20(18)26-12-3-4-13-26/h5-11,21,24H,3-4,12-15H2,1-2H3. The van der Waals surface area contributed by atoms with Gasteiger partial charge in [-0.15, -0.1) is 0 Å². The van der Waals surface area contributed by atoms with Gasteiger partial charge in [0.15, 0.2) is 0 Å². The summed E-state index contributed by atoms with van der Waals surface area (Å²) in [6.07, 6.45) is 2.33. The Morgan fingerprint density at radius 2 is 1.73 bits per heavy atom. The van der Waals surface area contributed by atoms with Crippen LogP contribution in [0.3, 0.4) is 0 Å². The molecular weight excluding hydrogens is 332 g/mol. The zero-order chi connectivity index (χ0) is 18.5. The molecule has 2 aromatic rings. The maximum atomic E-state index is 14.4. The van der Waals surface area contributed by atoms with Crippen molar-refractivity contribution in [2.24, 2.45) is 0 Å². The monoisotopic (exact) mass is 359 g/mol. The fourth-order valence-electron chi connectivity index (χ4n) is 3.59. The van der Waals surface area contributed by atoms with E-state index < -0.39 is 0 Å². The van der Waals surface area contributed by atoms with Gasteiger partial charge in [-0.1, -0.05) is 18.2 Å². The molecule has 3 nitrogen and oxygen atoms in total. The minimum atomic E-state index is -0.235. The number of likely N-dealkylation sites (N-methyl/N-ethyl adjacent to an activating group) is 1. The lowest BCUT2D eigenvalue weighted by Crippen LogP contribution is -2.31. The predicted octanol–water partition coefficient (Wildman–Crippen LogP) is 3.96. The Bertz CT molecular complexity index is 710. The van der Waals surface area contributed by atoms with Crippen LogP contribution >= 0.6 is 0 Å². The van der Waals surface area contributed by atoms with Crippen molar-refractivity contribution in [2.75, 3.05) is 38.6 Å². The number of hydrogen-bond donors (Lipinski definition) is 1. The van der Waals surface area contributed by atoms with E-state index in [1.165, 1.54) is 18.2 Å². The quantitative estimate of drug-likeness (QED) is 0.807. The van der Waals surface area contributed by atoms with Crippen molar-refractivity contribution in [3.8, 4) is 0 Å². The first-order valence-electron chi connectivity index (χ1n) is 9.21. The second-order valence-electron chi connectivity index (χ2n) is 7.09. The smallest absolute Gasteiger partial charge is 0.129 e. The maximum Gasteiger partial charge on any atom is 0.129 e. The predicted molar refractivity (Wildman–Crippen MR) is 102 cm³/mol. The highest BCUT2D eigenvalue weighted by Crippen LogP contribution is 2.27. The van der Waals surface area contributed by atoms with E-state index in [-0.39, 0.29) is 17.7 Å². The zero-order valence-corrected chi connectivity index (χ0v) is 15.5. The van der Waals surface area contributed by atoms with Crippen molar-refractivity contribution in [1.29, 1.82) is 0 Å². The third kappa shape index (κ3) is 4.40. The van der Waals surface area contributed by atoms with Crippen molar-refractivity contribution in [3.63, 3.8) is 0 Å². The Morgan fingerprint density at radius 1 is 1.04 bits per heavy atom. The molecular formula is C21H27F2N3. The van der Waals surface area contributed by atoms with Crippen LogP contribution in [0.15, 0.2) is 42.5 Å². The topological polar surface area (TPSA) is 18.5 Å². The van der Waals surface area contributed by atoms with E-state index in [2.05, 4.69) is 15.1 Å². The third-order valence-corrected chi connectivity index (χ3v) is 5.06. The van der Waals surface area contributed by atoms with E-state index in [0.29, 0.717) is 13.1 Å². The van der Waals surface area contributed by atoms with Crippen LogP contribution in [0.25, 0.3) is 0 Å². The Hall–Kier alpha value is -1.98. The Kier molecular flexibility index (Phi) is 6.22. The van der Waals surface area contributed by atoms with E-state index in [9.17, 15) is 8.78 Å². The number of halogens is 2. The molecule has 3 rings (SSSR count). The average Bonchev–Trinajstić information content (AvgIpc) is 3.15. The molecule has 0 amide bonds. The normalized spacial score (nSPS) is 15.7. The molecule has 1 atom stereocenters. The minimum absolute atomic E-state index is 0.0950. The summed E-state index contributed by atoms with van der Waals surface area (Å²) in [5.74, 6) is -0.397. The first-order valence-corrected chi connectivity index (χ1v) is 9.21. The maximum absolute atomic E-state index is 14.4. The second kappa shape index (κ2) is 8.60. The first kappa shape index (κ1) is 18.8. The molecule has 0 aromatic heterocycles. The van der Waals surface area contributed by atoms with Gasteiger partial charge in [0.05, 0.1) is 0 Å². The fourth-order valence-corrected chi connectivity index (χ4v) is 3.59. The summed E-state index contributed by atoms with van der Waals surface area (Å²) in [4.78, 5) is 4.35. The molecule has 1 heterocycles. The average molecular weight is 359 g/mol. The summed E-state index contributed by atoms with van der Waals surface area (Å²) in [5.41, 5.74) is 2.77. The molecule has 1 unspecified atom stereocenters. The number of hydrogen-bond acceptors (Lipinski definition) is 3. The highest BCUT2D eigenvalue weighted by Gasteiger charge is 2.19. The van der Waals surface area contributed by atoms with Gasteiger partial charge in [-0.05, 0) is 56.8 Å². The third-order valence-electron chi connectivity index (χ3n) is 5.06. The number of benzene rings is 2. The fraction of sp³-hybridized carbons (Fsp3) is 0.429. The van der Waals surface area contributed by atoms with E-state index in [4.69, 9.17) is 0 Å². The molecule has 0 saturated carbocycles. The minimum Gasteiger partial charge on any atom is -0.371 e. The summed E-state index contributed by atoms with van der Waals surface area (Å²) in [6, 6.07) is 12.0. The van der Waals surface area contributed by atoms with Gasteiger partial charge in [-0.2, -0.15) is 0 Å². The van der Waals surface area contributed by atoms with E-state index in [1.54, 1.807) is 18.2 Å². The Balaban J connectivity index is 1.69. The molecule has 5 heteroatoms. The number of rotatable bonds is 7. The molecule has 0 radical (unpaired) electrons. The van der Waals surface area contributed by atoms with Gasteiger partial charge in [-0.3, -0.25) is 0 Å². The molecule has 140 valence electrons. The second-order valence-corrected chi connectivity index (χ2v) is 7.09. The molecule has 1 saturated heterocycles. The highest BCUT2D eigenvalue weighted by atomic mass is 19.1. The summed E-state index contributed by atoms with van der Waals surface area (Å²) < 4.78 is 27.6. The van der Waals surface area contributed by atoms with E-state index in [1.807, 2.05) is 20.2 Å². The van der Waals surface area contributed by atoms with Crippen molar-refractivity contribution in [3.05, 3.63) is 65.2 Å². The van der Waals surface area contributed by atoms with Gasteiger partial charge < -0.3 is 15.1 Å². The summed E-state index contributed by atoms with van der Waals surface area (Å²) >= 11 is 0. The van der Waals surface area contributed by atoms with Crippen molar-refractivity contribution in [2.45, 2.75) is 25.4 Å². The van der Waals surface area contributed by atoms with Gasteiger partial charge in [0, 0.05) is 43.5 Å². The molecule has 0 spiro atoms. The van der Waals surface area contributed by atoms with Gasteiger partial charge in [-0.25, -0.2) is 8.78 Å². The summed E-state index contributed by atoms with van der Waals surface area (Å²) in [5, 5.41) is 3.40. The van der Waals surface area contributed by atoms with Crippen LogP contribution in [0, 0.1) is 11.6 Å². The number of anilines is 1. The molecule has 1 N–H and O–H groups in total. The highest BCUT2D eigenvalue weighted by molar-refractivity contribution is 5.54. The SMILES string of the molecule is CN(C)C(CNCc1c(F)cccc1N1CCCC1)c1ccc(F)cc1. The zero-order valence-electron chi connectivity index (χ0n) is 15.5. The molecule has 1 aliphatic rings. The van der Waals surface area contributed by atoms with Gasteiger partial charge in [0.1, 0.15) is 11.6 Å². The van der Waals surface area contributed by atoms with Crippen LogP contribution in [0.1, 0.15) is 30.0 Å². The summed E-state index contributed by atoms with van der Waals surface area (Å²) in [7, 11) is 3.99. The molecule has 26 heavy (non-hydrogen) atoms. The number of nitrogens with zero attached hydrogens (tertiary/aromatic N) is 2. The van der Waals surface area contributed by atoms with E-state index >= 15 is 0 Å². The van der Waals surface area contributed by atoms with Crippen LogP contribution in [-0.4, -0.2) is 38.6 Å². The lowest BCUT2D eigenvalue weighted by Gasteiger charge is -2.26. The first-order chi connectivity index (χ1) is 12.6. The number of nitrogens with one attached hydrogen (secondary N) is 1. The molecule has 0 aliphatic carbocycles. The van der Waals surface area contributed by atoms with Crippen LogP contribution in [0.2, 0.25) is 0 Å². The van der Waals surface area contributed by atoms with Crippen molar-refractivity contribution >= 4 is 5.69 Å². The lowest BCUT2D eigenvalue weighted by molar-refractivity contribution is 0.288. The molecule has 0 bridgehead atoms. The van der Waals surface area contributed by atoms with Crippen molar-refractivity contribution < 1.29 is 8.78 Å². The van der Waals surface area contributed by atoms with Crippen LogP contribution < -0.4 is 10.2 Å². The van der Waals surface area contributed by atoms with Gasteiger partial charge in [0.2, 0.25) is 0 Å².